The molecule has 0 spiro atoms. The maximum atomic E-state index is 13.9. The molecular formula is C34H36BBrN2O7. The van der Waals surface area contributed by atoms with Crippen LogP contribution in [-0.4, -0.2) is 62.0 Å². The van der Waals surface area contributed by atoms with Gasteiger partial charge in [-0.25, -0.2) is 0 Å². The molecule has 4 atom stereocenters. The first kappa shape index (κ1) is 32.8. The predicted molar refractivity (Wildman–Crippen MR) is 176 cm³/mol. The lowest BCUT2D eigenvalue weighted by molar-refractivity contribution is -0.123. The number of carbonyl (C=O) groups is 2. The third-order valence-corrected chi connectivity index (χ3v) is 9.29. The Morgan fingerprint density at radius 2 is 1.87 bits per heavy atom. The summed E-state index contributed by atoms with van der Waals surface area (Å²) < 4.78 is 0.797. The summed E-state index contributed by atoms with van der Waals surface area (Å²) in [4.78, 5) is 33.2. The summed E-state index contributed by atoms with van der Waals surface area (Å²) in [5.74, 6) is -3.21. The van der Waals surface area contributed by atoms with Gasteiger partial charge in [0.2, 0.25) is 11.8 Å². The molecule has 2 aromatic carbocycles. The summed E-state index contributed by atoms with van der Waals surface area (Å²) in [7, 11) is -1.77. The third-order valence-electron chi connectivity index (χ3n) is 8.80. The number of nitrogens with zero attached hydrogens (tertiary/aromatic N) is 2. The molecule has 9 nitrogen and oxygen atoms in total. The number of halogens is 1. The van der Waals surface area contributed by atoms with Crippen molar-refractivity contribution in [3.63, 3.8) is 0 Å². The number of imide groups is 1. The number of carbonyl (C=O) groups excluding carboxylic acids is 2. The summed E-state index contributed by atoms with van der Waals surface area (Å²) in [6.07, 6.45) is 3.38. The van der Waals surface area contributed by atoms with Gasteiger partial charge in [0.15, 0.2) is 0 Å². The Morgan fingerprint density at radius 3 is 2.53 bits per heavy atom. The zero-order chi connectivity index (χ0) is 32.4. The number of anilines is 1. The second-order valence-corrected chi connectivity index (χ2v) is 12.8. The number of aliphatic hydroxyl groups is 2. The van der Waals surface area contributed by atoms with E-state index in [4.69, 9.17) is 0 Å². The minimum Gasteiger partial charge on any atom is -0.507 e. The lowest BCUT2D eigenvalue weighted by Crippen LogP contribution is -2.40. The van der Waals surface area contributed by atoms with E-state index in [1.807, 2.05) is 38.1 Å². The van der Waals surface area contributed by atoms with E-state index in [2.05, 4.69) is 20.9 Å². The molecule has 2 aliphatic rings. The van der Waals surface area contributed by atoms with Gasteiger partial charge in [-0.3, -0.25) is 19.5 Å². The number of aromatic nitrogens is 1. The fraction of sp³-hybridized carbons (Fsp3) is 0.324. The minimum absolute atomic E-state index is 0.0566. The van der Waals surface area contributed by atoms with E-state index >= 15 is 0 Å². The first-order valence-corrected chi connectivity index (χ1v) is 15.8. The van der Waals surface area contributed by atoms with Crippen LogP contribution in [0.1, 0.15) is 44.4 Å². The number of hydrogen-bond acceptors (Lipinski definition) is 8. The molecule has 45 heavy (non-hydrogen) atoms. The highest BCUT2D eigenvalue weighted by Crippen LogP contribution is 2.49. The molecule has 0 saturated carbocycles. The van der Waals surface area contributed by atoms with Gasteiger partial charge in [0.05, 0.1) is 35.9 Å². The minimum atomic E-state index is -1.77. The topological polar surface area (TPSA) is 151 Å². The summed E-state index contributed by atoms with van der Waals surface area (Å²) >= 11 is 3.45. The number of aliphatic hydroxyl groups excluding tert-OH is 2. The molecule has 234 valence electrons. The molecule has 2 amide bonds. The van der Waals surface area contributed by atoms with Crippen molar-refractivity contribution in [1.29, 1.82) is 0 Å². The van der Waals surface area contributed by atoms with Crippen LogP contribution in [0.25, 0.3) is 11.6 Å². The number of aromatic hydroxyl groups is 1. The molecular weight excluding hydrogens is 639 g/mol. The lowest BCUT2D eigenvalue weighted by atomic mass is 9.66. The Morgan fingerprint density at radius 1 is 1.09 bits per heavy atom. The zero-order valence-electron chi connectivity index (χ0n) is 25.0. The van der Waals surface area contributed by atoms with Gasteiger partial charge in [-0.2, -0.15) is 0 Å². The van der Waals surface area contributed by atoms with E-state index in [1.165, 1.54) is 12.1 Å². The fourth-order valence-corrected chi connectivity index (χ4v) is 7.01. The highest BCUT2D eigenvalue weighted by molar-refractivity contribution is 9.10. The largest absolute Gasteiger partial charge is 0.507 e. The van der Waals surface area contributed by atoms with Crippen LogP contribution in [0.4, 0.5) is 5.69 Å². The van der Waals surface area contributed by atoms with Crippen LogP contribution < -0.4 is 10.4 Å². The molecule has 5 N–H and O–H groups in total. The van der Waals surface area contributed by atoms with E-state index in [0.29, 0.717) is 23.3 Å². The smallest absolute Gasteiger partial charge is 0.488 e. The van der Waals surface area contributed by atoms with Crippen LogP contribution in [0.2, 0.25) is 0 Å². The van der Waals surface area contributed by atoms with Gasteiger partial charge in [0.25, 0.3) is 0 Å². The van der Waals surface area contributed by atoms with Crippen molar-refractivity contribution in [1.82, 2.24) is 4.98 Å². The van der Waals surface area contributed by atoms with Gasteiger partial charge >= 0.3 is 7.12 Å². The number of rotatable bonds is 10. The first-order chi connectivity index (χ1) is 21.5. The van der Waals surface area contributed by atoms with Crippen LogP contribution in [0, 0.1) is 23.7 Å². The molecule has 1 saturated heterocycles. The van der Waals surface area contributed by atoms with Gasteiger partial charge in [-0.1, -0.05) is 53.5 Å². The second-order valence-electron chi connectivity index (χ2n) is 11.9. The van der Waals surface area contributed by atoms with Gasteiger partial charge in [0, 0.05) is 22.2 Å². The number of amides is 2. The van der Waals surface area contributed by atoms with Crippen molar-refractivity contribution < 1.29 is 35.0 Å². The second kappa shape index (κ2) is 13.8. The van der Waals surface area contributed by atoms with Crippen LogP contribution in [0.3, 0.4) is 0 Å². The molecule has 3 aromatic rings. The van der Waals surface area contributed by atoms with Crippen molar-refractivity contribution in [3.05, 3.63) is 93.7 Å². The summed E-state index contributed by atoms with van der Waals surface area (Å²) in [5, 5.41) is 52.3. The molecule has 5 rings (SSSR count). The summed E-state index contributed by atoms with van der Waals surface area (Å²) in [5.41, 5.74) is 3.87. The summed E-state index contributed by atoms with van der Waals surface area (Å²) in [6.45, 7) is 3.51. The average Bonchev–Trinajstić information content (AvgIpc) is 3.28. The number of phenols is 1. The molecule has 1 aliphatic carbocycles. The Kier molecular flexibility index (Phi) is 10.1. The molecule has 0 radical (unpaired) electrons. The average molecular weight is 675 g/mol. The maximum Gasteiger partial charge on any atom is 0.488 e. The zero-order valence-corrected chi connectivity index (χ0v) is 26.6. The van der Waals surface area contributed by atoms with E-state index in [-0.39, 0.29) is 35.7 Å². The number of pyridine rings is 1. The lowest BCUT2D eigenvalue weighted by Gasteiger charge is -2.38. The summed E-state index contributed by atoms with van der Waals surface area (Å²) in [6, 6.07) is 16.6. The van der Waals surface area contributed by atoms with Crippen molar-refractivity contribution in [2.24, 2.45) is 23.7 Å². The predicted octanol–water partition coefficient (Wildman–Crippen LogP) is 3.68. The Balaban J connectivity index is 1.47. The standard InChI is InChI=1S/C34H36BBrN2O7/c1-19(2)25-17-26-32(34(43)38(33(26)42)24-7-5-6-22(16-24)35(44)45)27(18-39)31(25)30(41)11-9-20(28-8-3-4-13-37-28)14-21-15-23(36)10-12-29(21)40/h3-8,10,12-16,19,26-27,30,32,39-41,44-45H,9,11,17-18H2,1-2H3/b20-14-/t26-,27+,30-,32-/m1/s1. The monoisotopic (exact) mass is 674 g/mol. The Labute approximate surface area is 270 Å². The Bertz CT molecular complexity index is 1640. The molecule has 1 aliphatic heterocycles. The number of hydrogen-bond donors (Lipinski definition) is 5. The van der Waals surface area contributed by atoms with Crippen molar-refractivity contribution in [3.8, 4) is 5.75 Å². The van der Waals surface area contributed by atoms with Crippen molar-refractivity contribution in [2.45, 2.75) is 39.2 Å². The van der Waals surface area contributed by atoms with Gasteiger partial charge in [-0.15, -0.1) is 0 Å². The maximum absolute atomic E-state index is 13.9. The molecule has 0 bridgehead atoms. The number of fused-ring (bicyclic) bond motifs is 1. The van der Waals surface area contributed by atoms with Gasteiger partial charge in [-0.05, 0) is 90.3 Å². The third kappa shape index (κ3) is 6.68. The van der Waals surface area contributed by atoms with Crippen LogP contribution in [-0.2, 0) is 9.59 Å². The van der Waals surface area contributed by atoms with E-state index in [9.17, 15) is 35.0 Å². The van der Waals surface area contributed by atoms with Gasteiger partial charge in [0.1, 0.15) is 5.75 Å². The Hall–Kier alpha value is -3.61. The highest BCUT2D eigenvalue weighted by atomic mass is 79.9. The number of phenolic OH excluding ortho intramolecular Hbond substituents is 1. The normalized spacial score (nSPS) is 21.0. The molecule has 1 aromatic heterocycles. The first-order valence-electron chi connectivity index (χ1n) is 15.0. The van der Waals surface area contributed by atoms with Crippen molar-refractivity contribution in [2.75, 3.05) is 11.5 Å². The van der Waals surface area contributed by atoms with Crippen LogP contribution >= 0.6 is 15.9 Å². The number of allylic oxidation sites excluding steroid dienone is 2. The van der Waals surface area contributed by atoms with Crippen LogP contribution in [0.5, 0.6) is 5.75 Å². The molecule has 0 unspecified atom stereocenters. The number of benzene rings is 2. The van der Waals surface area contributed by atoms with E-state index in [1.54, 1.807) is 36.5 Å². The SMILES string of the molecule is CC(C)C1=C([C@H](O)CC/C(=C/c2cc(Br)ccc2O)c2ccccn2)[C@H](CO)[C@@H]2C(=O)N(c3cccc(B(O)O)c3)C(=O)[C@@H]2C1. The van der Waals surface area contributed by atoms with Gasteiger partial charge < -0.3 is 25.4 Å². The van der Waals surface area contributed by atoms with E-state index in [0.717, 1.165) is 20.5 Å². The highest BCUT2D eigenvalue weighted by Gasteiger charge is 2.55. The molecule has 11 heteroatoms. The fourth-order valence-electron chi connectivity index (χ4n) is 6.63. The van der Waals surface area contributed by atoms with Crippen molar-refractivity contribution >= 4 is 57.7 Å². The quantitative estimate of drug-likeness (QED) is 0.124. The van der Waals surface area contributed by atoms with E-state index < -0.39 is 49.4 Å². The molecule has 1 fully saturated rings. The molecule has 2 heterocycles. The van der Waals surface area contributed by atoms with Crippen LogP contribution in [0.15, 0.2) is 82.5 Å².